The normalized spacial score (nSPS) is 13.2. The largest absolute Gasteiger partial charge is 0.446 e. The molecule has 17 heavy (non-hydrogen) atoms. The van der Waals surface area contributed by atoms with Gasteiger partial charge in [-0.3, -0.25) is 0 Å². The summed E-state index contributed by atoms with van der Waals surface area (Å²) in [5, 5.41) is 8.58. The molecule has 1 heterocycles. The fourth-order valence-electron chi connectivity index (χ4n) is 1.28. The lowest BCUT2D eigenvalue weighted by molar-refractivity contribution is 0.236. The summed E-state index contributed by atoms with van der Waals surface area (Å²) in [5.41, 5.74) is 0. The van der Waals surface area contributed by atoms with Crippen molar-refractivity contribution in [2.24, 2.45) is 0 Å². The topological polar surface area (TPSA) is 79.5 Å². The average Bonchev–Trinajstić information content (AvgIpc) is 2.77. The lowest BCUT2D eigenvalue weighted by Crippen LogP contribution is -2.33. The van der Waals surface area contributed by atoms with Gasteiger partial charge in [-0.25, -0.2) is 13.1 Å². The van der Waals surface area contributed by atoms with Crippen molar-refractivity contribution in [2.75, 3.05) is 0 Å². The molecule has 0 aliphatic heterocycles. The summed E-state index contributed by atoms with van der Waals surface area (Å²) in [4.78, 5) is 0. The maximum atomic E-state index is 11.9. The summed E-state index contributed by atoms with van der Waals surface area (Å²) in [6, 6.07) is 2.40. The SMILES string of the molecule is C#CCC(CC)NS(=O)(=O)c1ccc(CO)o1. The van der Waals surface area contributed by atoms with Crippen LogP contribution in [0.15, 0.2) is 21.6 Å². The molecule has 0 saturated heterocycles. The Kier molecular flexibility index (Phi) is 4.75. The van der Waals surface area contributed by atoms with Gasteiger partial charge >= 0.3 is 0 Å². The highest BCUT2D eigenvalue weighted by molar-refractivity contribution is 7.89. The van der Waals surface area contributed by atoms with Crippen molar-refractivity contribution >= 4 is 10.0 Å². The molecule has 1 aromatic rings. The molecule has 1 rings (SSSR count). The Morgan fingerprint density at radius 2 is 2.29 bits per heavy atom. The third-order valence-electron chi connectivity index (χ3n) is 2.24. The quantitative estimate of drug-likeness (QED) is 0.740. The van der Waals surface area contributed by atoms with Crippen molar-refractivity contribution in [3.63, 3.8) is 0 Å². The van der Waals surface area contributed by atoms with Crippen molar-refractivity contribution in [3.05, 3.63) is 17.9 Å². The highest BCUT2D eigenvalue weighted by atomic mass is 32.2. The van der Waals surface area contributed by atoms with Crippen LogP contribution in [0.4, 0.5) is 0 Å². The molecule has 0 aliphatic rings. The molecule has 5 nitrogen and oxygen atoms in total. The van der Waals surface area contributed by atoms with Crippen LogP contribution in [0.2, 0.25) is 0 Å². The number of nitrogens with one attached hydrogen (secondary N) is 1. The van der Waals surface area contributed by atoms with E-state index in [1.807, 2.05) is 6.92 Å². The average molecular weight is 257 g/mol. The maximum Gasteiger partial charge on any atom is 0.274 e. The van der Waals surface area contributed by atoms with Crippen LogP contribution in [0.25, 0.3) is 0 Å². The van der Waals surface area contributed by atoms with Crippen LogP contribution in [0.5, 0.6) is 0 Å². The van der Waals surface area contributed by atoms with E-state index < -0.39 is 10.0 Å². The Hall–Kier alpha value is -1.29. The molecular formula is C11H15NO4S. The van der Waals surface area contributed by atoms with Gasteiger partial charge < -0.3 is 9.52 Å². The van der Waals surface area contributed by atoms with Crippen LogP contribution in [0, 0.1) is 12.3 Å². The Morgan fingerprint density at radius 3 is 2.76 bits per heavy atom. The summed E-state index contributed by atoms with van der Waals surface area (Å²) in [5.74, 6) is 2.62. The molecule has 0 spiro atoms. The van der Waals surface area contributed by atoms with Crippen LogP contribution in [0.3, 0.4) is 0 Å². The standard InChI is InChI=1S/C11H15NO4S/c1-3-5-9(4-2)12-17(14,15)11-7-6-10(8-13)16-11/h1,6-7,9,12-13H,4-5,8H2,2H3. The lowest BCUT2D eigenvalue weighted by Gasteiger charge is -2.12. The van der Waals surface area contributed by atoms with Crippen molar-refractivity contribution in [3.8, 4) is 12.3 Å². The molecule has 2 N–H and O–H groups in total. The molecule has 0 saturated carbocycles. The zero-order chi connectivity index (χ0) is 12.9. The highest BCUT2D eigenvalue weighted by Gasteiger charge is 2.21. The Labute approximate surface area is 101 Å². The van der Waals surface area contributed by atoms with Gasteiger partial charge in [0.25, 0.3) is 10.0 Å². The molecule has 6 heteroatoms. The third-order valence-corrected chi connectivity index (χ3v) is 3.63. The highest BCUT2D eigenvalue weighted by Crippen LogP contribution is 2.15. The second kappa shape index (κ2) is 5.87. The van der Waals surface area contributed by atoms with Crippen LogP contribution in [-0.4, -0.2) is 19.6 Å². The fraction of sp³-hybridized carbons (Fsp3) is 0.455. The molecule has 0 amide bonds. The van der Waals surface area contributed by atoms with Gasteiger partial charge in [0.15, 0.2) is 0 Å². The zero-order valence-electron chi connectivity index (χ0n) is 9.51. The first kappa shape index (κ1) is 13.8. The summed E-state index contributed by atoms with van der Waals surface area (Å²) in [7, 11) is -3.71. The number of aliphatic hydroxyl groups is 1. The van der Waals surface area contributed by atoms with Crippen molar-refractivity contribution in [1.29, 1.82) is 0 Å². The number of sulfonamides is 1. The molecule has 0 bridgehead atoms. The van der Waals surface area contributed by atoms with Gasteiger partial charge in [0, 0.05) is 12.5 Å². The van der Waals surface area contributed by atoms with Crippen molar-refractivity contribution in [2.45, 2.75) is 37.5 Å². The van der Waals surface area contributed by atoms with E-state index in [9.17, 15) is 8.42 Å². The van der Waals surface area contributed by atoms with Gasteiger partial charge in [0.2, 0.25) is 5.09 Å². The summed E-state index contributed by atoms with van der Waals surface area (Å²) in [6.07, 6.45) is 6.06. The molecule has 0 radical (unpaired) electrons. The van der Waals surface area contributed by atoms with E-state index in [0.29, 0.717) is 12.8 Å². The smallest absolute Gasteiger partial charge is 0.274 e. The van der Waals surface area contributed by atoms with Gasteiger partial charge in [-0.15, -0.1) is 12.3 Å². The Balaban J connectivity index is 2.84. The van der Waals surface area contributed by atoms with Crippen molar-refractivity contribution < 1.29 is 17.9 Å². The number of terminal acetylenes is 1. The minimum atomic E-state index is -3.71. The summed E-state index contributed by atoms with van der Waals surface area (Å²) in [6.45, 7) is 1.50. The van der Waals surface area contributed by atoms with E-state index in [1.54, 1.807) is 0 Å². The minimum Gasteiger partial charge on any atom is -0.446 e. The van der Waals surface area contributed by atoms with E-state index in [1.165, 1.54) is 12.1 Å². The summed E-state index contributed by atoms with van der Waals surface area (Å²) >= 11 is 0. The molecule has 0 aromatic carbocycles. The predicted molar refractivity (Wildman–Crippen MR) is 62.5 cm³/mol. The fourth-order valence-corrected chi connectivity index (χ4v) is 2.55. The first-order valence-electron chi connectivity index (χ1n) is 5.18. The molecule has 1 unspecified atom stereocenters. The maximum absolute atomic E-state index is 11.9. The van der Waals surface area contributed by atoms with E-state index >= 15 is 0 Å². The number of aliphatic hydroxyl groups excluding tert-OH is 1. The first-order valence-corrected chi connectivity index (χ1v) is 6.67. The number of rotatable bonds is 6. The van der Waals surface area contributed by atoms with Gasteiger partial charge in [-0.1, -0.05) is 6.92 Å². The summed E-state index contributed by atoms with van der Waals surface area (Å²) < 4.78 is 31.1. The van der Waals surface area contributed by atoms with Crippen LogP contribution in [0.1, 0.15) is 25.5 Å². The monoisotopic (exact) mass is 257 g/mol. The minimum absolute atomic E-state index is 0.204. The number of hydrogen-bond donors (Lipinski definition) is 2. The van der Waals surface area contributed by atoms with Gasteiger partial charge in [0.05, 0.1) is 0 Å². The van der Waals surface area contributed by atoms with E-state index in [4.69, 9.17) is 15.9 Å². The number of hydrogen-bond acceptors (Lipinski definition) is 4. The molecule has 0 fully saturated rings. The van der Waals surface area contributed by atoms with E-state index in [-0.39, 0.29) is 23.5 Å². The van der Waals surface area contributed by atoms with Gasteiger partial charge in [-0.2, -0.15) is 0 Å². The van der Waals surface area contributed by atoms with Crippen LogP contribution < -0.4 is 4.72 Å². The van der Waals surface area contributed by atoms with E-state index in [2.05, 4.69) is 10.6 Å². The first-order chi connectivity index (χ1) is 8.03. The number of furan rings is 1. The molecule has 94 valence electrons. The Bertz CT molecular complexity index is 498. The Morgan fingerprint density at radius 1 is 1.59 bits per heavy atom. The molecule has 1 aromatic heterocycles. The second-order valence-corrected chi connectivity index (χ2v) is 5.16. The van der Waals surface area contributed by atoms with E-state index in [0.717, 1.165) is 0 Å². The predicted octanol–water partition coefficient (Wildman–Crippen LogP) is 0.852. The van der Waals surface area contributed by atoms with Crippen LogP contribution in [-0.2, 0) is 16.6 Å². The molecular weight excluding hydrogens is 242 g/mol. The lowest BCUT2D eigenvalue weighted by atomic mass is 10.2. The van der Waals surface area contributed by atoms with Gasteiger partial charge in [-0.05, 0) is 18.6 Å². The third kappa shape index (κ3) is 3.60. The second-order valence-electron chi connectivity index (χ2n) is 3.51. The zero-order valence-corrected chi connectivity index (χ0v) is 10.3. The van der Waals surface area contributed by atoms with Crippen molar-refractivity contribution in [1.82, 2.24) is 4.72 Å². The molecule has 1 atom stereocenters. The van der Waals surface area contributed by atoms with Gasteiger partial charge in [0.1, 0.15) is 12.4 Å². The van der Waals surface area contributed by atoms with Crippen LogP contribution >= 0.6 is 0 Å². The molecule has 0 aliphatic carbocycles.